The number of carbonyl (C=O) groups excluding carboxylic acids is 1. The maximum absolute atomic E-state index is 11.7. The van der Waals surface area contributed by atoms with E-state index < -0.39 is 0 Å². The molecule has 0 spiro atoms. The van der Waals surface area contributed by atoms with Gasteiger partial charge in [-0.1, -0.05) is 0 Å². The van der Waals surface area contributed by atoms with Crippen LogP contribution in [0.5, 0.6) is 0 Å². The monoisotopic (exact) mass is 276 g/mol. The molecule has 6 heteroatoms. The standard InChI is InChI=1S/C14H20N4O2/c1-9(15)4-7-13(19)16-10-5-6-12-11(8-10)17-14(20-12)18(2)3/h5-6,8-9H,4,7,15H2,1-3H3,(H,16,19). The van der Waals surface area contributed by atoms with Gasteiger partial charge < -0.3 is 20.4 Å². The van der Waals surface area contributed by atoms with Crippen molar-refractivity contribution < 1.29 is 9.21 Å². The van der Waals surface area contributed by atoms with Crippen molar-refractivity contribution in [3.63, 3.8) is 0 Å². The van der Waals surface area contributed by atoms with Crippen molar-refractivity contribution >= 4 is 28.7 Å². The second kappa shape index (κ2) is 5.92. The van der Waals surface area contributed by atoms with Gasteiger partial charge in [-0.05, 0) is 31.5 Å². The lowest BCUT2D eigenvalue weighted by Crippen LogP contribution is -2.19. The van der Waals surface area contributed by atoms with E-state index in [4.69, 9.17) is 10.2 Å². The highest BCUT2D eigenvalue weighted by atomic mass is 16.4. The average Bonchev–Trinajstić information content (AvgIpc) is 2.79. The topological polar surface area (TPSA) is 84.4 Å². The van der Waals surface area contributed by atoms with Gasteiger partial charge in [0.15, 0.2) is 5.58 Å². The van der Waals surface area contributed by atoms with Gasteiger partial charge in [0.25, 0.3) is 6.01 Å². The molecule has 0 saturated heterocycles. The molecule has 20 heavy (non-hydrogen) atoms. The van der Waals surface area contributed by atoms with Gasteiger partial charge in [-0.25, -0.2) is 0 Å². The summed E-state index contributed by atoms with van der Waals surface area (Å²) < 4.78 is 5.55. The number of nitrogens with two attached hydrogens (primary N) is 1. The van der Waals surface area contributed by atoms with Crippen molar-refractivity contribution in [1.82, 2.24) is 4.98 Å². The van der Waals surface area contributed by atoms with Crippen molar-refractivity contribution in [1.29, 1.82) is 0 Å². The third-order valence-electron chi connectivity index (χ3n) is 2.87. The molecular formula is C14H20N4O2. The van der Waals surface area contributed by atoms with Gasteiger partial charge in [-0.3, -0.25) is 4.79 Å². The van der Waals surface area contributed by atoms with Crippen LogP contribution in [0, 0.1) is 0 Å². The maximum Gasteiger partial charge on any atom is 0.297 e. The number of anilines is 2. The van der Waals surface area contributed by atoms with E-state index in [2.05, 4.69) is 10.3 Å². The molecule has 6 nitrogen and oxygen atoms in total. The van der Waals surface area contributed by atoms with Gasteiger partial charge in [-0.15, -0.1) is 0 Å². The Labute approximate surface area is 117 Å². The van der Waals surface area contributed by atoms with Gasteiger partial charge in [0, 0.05) is 32.2 Å². The van der Waals surface area contributed by atoms with E-state index in [1.807, 2.05) is 21.0 Å². The fourth-order valence-corrected chi connectivity index (χ4v) is 1.77. The number of carbonyl (C=O) groups is 1. The van der Waals surface area contributed by atoms with Crippen molar-refractivity contribution in [2.45, 2.75) is 25.8 Å². The Morgan fingerprint density at radius 1 is 1.50 bits per heavy atom. The zero-order valence-electron chi connectivity index (χ0n) is 12.0. The van der Waals surface area contributed by atoms with Crippen LogP contribution >= 0.6 is 0 Å². The van der Waals surface area contributed by atoms with E-state index in [1.165, 1.54) is 0 Å². The molecule has 0 saturated carbocycles. The molecule has 1 amide bonds. The second-order valence-electron chi connectivity index (χ2n) is 5.14. The summed E-state index contributed by atoms with van der Waals surface area (Å²) in [5, 5.41) is 2.84. The van der Waals surface area contributed by atoms with Gasteiger partial charge in [0.05, 0.1) is 0 Å². The first-order valence-electron chi connectivity index (χ1n) is 6.59. The summed E-state index contributed by atoms with van der Waals surface area (Å²) in [7, 11) is 3.72. The molecule has 3 N–H and O–H groups in total. The largest absolute Gasteiger partial charge is 0.423 e. The van der Waals surface area contributed by atoms with Crippen LogP contribution in [0.4, 0.5) is 11.7 Å². The summed E-state index contributed by atoms with van der Waals surface area (Å²) in [4.78, 5) is 17.9. The molecule has 1 atom stereocenters. The molecule has 0 radical (unpaired) electrons. The van der Waals surface area contributed by atoms with E-state index in [0.29, 0.717) is 30.1 Å². The summed E-state index contributed by atoms with van der Waals surface area (Å²) in [6.45, 7) is 1.89. The van der Waals surface area contributed by atoms with Gasteiger partial charge in [0.1, 0.15) is 5.52 Å². The molecule has 1 aromatic carbocycles. The Morgan fingerprint density at radius 2 is 2.25 bits per heavy atom. The molecule has 1 unspecified atom stereocenters. The summed E-state index contributed by atoms with van der Waals surface area (Å²) >= 11 is 0. The van der Waals surface area contributed by atoms with Crippen molar-refractivity contribution in [2.75, 3.05) is 24.3 Å². The number of nitrogens with zero attached hydrogens (tertiary/aromatic N) is 2. The molecule has 108 valence electrons. The van der Waals surface area contributed by atoms with Gasteiger partial charge in [-0.2, -0.15) is 4.98 Å². The lowest BCUT2D eigenvalue weighted by molar-refractivity contribution is -0.116. The van der Waals surface area contributed by atoms with Crippen LogP contribution in [0.15, 0.2) is 22.6 Å². The van der Waals surface area contributed by atoms with E-state index in [9.17, 15) is 4.79 Å². The summed E-state index contributed by atoms with van der Waals surface area (Å²) in [6.07, 6.45) is 1.08. The number of nitrogens with one attached hydrogen (secondary N) is 1. The zero-order chi connectivity index (χ0) is 14.7. The minimum Gasteiger partial charge on any atom is -0.423 e. The zero-order valence-corrected chi connectivity index (χ0v) is 12.0. The third kappa shape index (κ3) is 3.48. The van der Waals surface area contributed by atoms with Crippen molar-refractivity contribution in [3.05, 3.63) is 18.2 Å². The van der Waals surface area contributed by atoms with E-state index in [0.717, 1.165) is 5.52 Å². The van der Waals surface area contributed by atoms with Crippen LogP contribution in [0.25, 0.3) is 11.1 Å². The Morgan fingerprint density at radius 3 is 2.90 bits per heavy atom. The Balaban J connectivity index is 2.09. The number of hydrogen-bond donors (Lipinski definition) is 2. The van der Waals surface area contributed by atoms with Crippen LogP contribution in [0.1, 0.15) is 19.8 Å². The Hall–Kier alpha value is -2.08. The highest BCUT2D eigenvalue weighted by Gasteiger charge is 2.09. The number of hydrogen-bond acceptors (Lipinski definition) is 5. The van der Waals surface area contributed by atoms with Gasteiger partial charge in [0.2, 0.25) is 5.91 Å². The van der Waals surface area contributed by atoms with E-state index in [-0.39, 0.29) is 11.9 Å². The maximum atomic E-state index is 11.7. The van der Waals surface area contributed by atoms with Crippen LogP contribution in [-0.2, 0) is 4.79 Å². The SMILES string of the molecule is CC(N)CCC(=O)Nc1ccc2oc(N(C)C)nc2c1. The summed E-state index contributed by atoms with van der Waals surface area (Å²) in [5.74, 6) is -0.0435. The third-order valence-corrected chi connectivity index (χ3v) is 2.87. The number of fused-ring (bicyclic) bond motifs is 1. The minimum atomic E-state index is -0.0435. The number of oxazole rings is 1. The van der Waals surface area contributed by atoms with E-state index in [1.54, 1.807) is 23.1 Å². The van der Waals surface area contributed by atoms with Crippen LogP contribution in [0.2, 0.25) is 0 Å². The van der Waals surface area contributed by atoms with Crippen LogP contribution < -0.4 is 16.0 Å². The normalized spacial score (nSPS) is 12.4. The molecular weight excluding hydrogens is 256 g/mol. The highest BCUT2D eigenvalue weighted by Crippen LogP contribution is 2.23. The van der Waals surface area contributed by atoms with Crippen LogP contribution in [-0.4, -0.2) is 31.0 Å². The molecule has 0 aliphatic carbocycles. The van der Waals surface area contributed by atoms with Crippen LogP contribution in [0.3, 0.4) is 0 Å². The molecule has 1 heterocycles. The van der Waals surface area contributed by atoms with E-state index >= 15 is 0 Å². The summed E-state index contributed by atoms with van der Waals surface area (Å²) in [6, 6.07) is 5.98. The first-order valence-corrected chi connectivity index (χ1v) is 6.59. The molecule has 2 rings (SSSR count). The summed E-state index contributed by atoms with van der Waals surface area (Å²) in [5.41, 5.74) is 7.76. The molecule has 0 bridgehead atoms. The minimum absolute atomic E-state index is 0.0291. The quantitative estimate of drug-likeness (QED) is 0.872. The fourth-order valence-electron chi connectivity index (χ4n) is 1.77. The first-order chi connectivity index (χ1) is 9.45. The first kappa shape index (κ1) is 14.3. The number of amides is 1. The number of rotatable bonds is 5. The Bertz CT molecular complexity index is 604. The van der Waals surface area contributed by atoms with Crippen molar-refractivity contribution in [3.8, 4) is 0 Å². The molecule has 1 aromatic heterocycles. The molecule has 0 aliphatic heterocycles. The Kier molecular flexibility index (Phi) is 4.24. The van der Waals surface area contributed by atoms with Crippen molar-refractivity contribution in [2.24, 2.45) is 5.73 Å². The number of aromatic nitrogens is 1. The fraction of sp³-hybridized carbons (Fsp3) is 0.429. The number of benzene rings is 1. The molecule has 0 fully saturated rings. The second-order valence-corrected chi connectivity index (χ2v) is 5.14. The molecule has 0 aliphatic rings. The smallest absolute Gasteiger partial charge is 0.297 e. The lowest BCUT2D eigenvalue weighted by atomic mass is 10.2. The average molecular weight is 276 g/mol. The highest BCUT2D eigenvalue weighted by molar-refractivity contribution is 5.92. The molecule has 2 aromatic rings. The van der Waals surface area contributed by atoms with Gasteiger partial charge >= 0.3 is 0 Å². The lowest BCUT2D eigenvalue weighted by Gasteiger charge is -2.06. The predicted octanol–water partition coefficient (Wildman–Crippen LogP) is 1.96. The predicted molar refractivity (Wildman–Crippen MR) is 79.8 cm³/mol.